The Bertz CT molecular complexity index is 1080. The smallest absolute Gasteiger partial charge is 0.0504 e. The van der Waals surface area contributed by atoms with Crippen LogP contribution in [0.1, 0.15) is 78.1 Å². The van der Waals surface area contributed by atoms with Crippen molar-refractivity contribution in [3.8, 4) is 0 Å². The van der Waals surface area contributed by atoms with Crippen molar-refractivity contribution in [3.05, 3.63) is 64.6 Å². The maximum Gasteiger partial charge on any atom is 0.0504 e. The Kier molecular flexibility index (Phi) is 3.93. The van der Waals surface area contributed by atoms with Gasteiger partial charge in [0.15, 0.2) is 0 Å². The molecule has 2 aliphatic heterocycles. The Hall–Kier alpha value is -2.13. The number of rotatable bonds is 1. The lowest BCUT2D eigenvalue weighted by Crippen LogP contribution is -2.41. The zero-order valence-electron chi connectivity index (χ0n) is 17.9. The van der Waals surface area contributed by atoms with Gasteiger partial charge in [0, 0.05) is 52.9 Å². The lowest BCUT2D eigenvalue weighted by atomic mass is 9.82. The summed E-state index contributed by atoms with van der Waals surface area (Å²) in [6, 6.07) is 12.9. The van der Waals surface area contributed by atoms with Crippen molar-refractivity contribution < 1.29 is 0 Å². The van der Waals surface area contributed by atoms with Crippen molar-refractivity contribution in [3.63, 3.8) is 0 Å². The molecular formula is C26H31N3. The number of hydrogen-bond donors (Lipinski definition) is 0. The number of benzene rings is 1. The summed E-state index contributed by atoms with van der Waals surface area (Å²) < 4.78 is 2.71. The molecule has 0 spiro atoms. The molecule has 3 nitrogen and oxygen atoms in total. The molecule has 1 aliphatic carbocycles. The fourth-order valence-electron chi connectivity index (χ4n) is 6.65. The van der Waals surface area contributed by atoms with Crippen LogP contribution in [0.5, 0.6) is 0 Å². The highest BCUT2D eigenvalue weighted by Crippen LogP contribution is 2.53. The Balaban J connectivity index is 1.56. The average Bonchev–Trinajstić information content (AvgIpc) is 3.25. The Morgan fingerprint density at radius 3 is 2.72 bits per heavy atom. The lowest BCUT2D eigenvalue weighted by molar-refractivity contribution is 0.133. The van der Waals surface area contributed by atoms with Gasteiger partial charge in [-0.2, -0.15) is 0 Å². The molecule has 150 valence electrons. The normalized spacial score (nSPS) is 28.9. The Morgan fingerprint density at radius 2 is 1.90 bits per heavy atom. The first kappa shape index (κ1) is 17.7. The van der Waals surface area contributed by atoms with Crippen LogP contribution in [0.2, 0.25) is 0 Å². The number of fused-ring (bicyclic) bond motifs is 5. The number of aromatic nitrogens is 2. The van der Waals surface area contributed by atoms with Crippen molar-refractivity contribution in [2.24, 2.45) is 0 Å². The van der Waals surface area contributed by atoms with Gasteiger partial charge < -0.3 is 4.57 Å². The topological polar surface area (TPSA) is 21.1 Å². The van der Waals surface area contributed by atoms with Gasteiger partial charge in [-0.3, -0.25) is 9.88 Å². The summed E-state index contributed by atoms with van der Waals surface area (Å²) in [6.07, 6.45) is 8.71. The molecule has 29 heavy (non-hydrogen) atoms. The van der Waals surface area contributed by atoms with Crippen molar-refractivity contribution in [1.82, 2.24) is 14.5 Å². The first-order valence-corrected chi connectivity index (χ1v) is 11.4. The van der Waals surface area contributed by atoms with Gasteiger partial charge >= 0.3 is 0 Å². The van der Waals surface area contributed by atoms with Crippen LogP contribution in [0.3, 0.4) is 0 Å². The molecule has 0 bridgehead atoms. The number of likely N-dealkylation sites (N-methyl/N-ethyl adjacent to an activating group) is 1. The zero-order chi connectivity index (χ0) is 19.7. The van der Waals surface area contributed by atoms with Crippen LogP contribution >= 0.6 is 0 Å². The van der Waals surface area contributed by atoms with Gasteiger partial charge in [0.25, 0.3) is 0 Å². The van der Waals surface area contributed by atoms with Gasteiger partial charge in [-0.25, -0.2) is 0 Å². The monoisotopic (exact) mass is 385 g/mol. The highest BCUT2D eigenvalue weighted by Gasteiger charge is 2.45. The predicted octanol–water partition coefficient (Wildman–Crippen LogP) is 5.85. The van der Waals surface area contributed by atoms with E-state index in [1.54, 1.807) is 11.3 Å². The van der Waals surface area contributed by atoms with Crippen molar-refractivity contribution in [1.29, 1.82) is 0 Å². The molecule has 2 aromatic heterocycles. The van der Waals surface area contributed by atoms with Gasteiger partial charge in [0.2, 0.25) is 0 Å². The van der Waals surface area contributed by atoms with Crippen LogP contribution in [0.25, 0.3) is 10.9 Å². The first-order valence-electron chi connectivity index (χ1n) is 11.4. The van der Waals surface area contributed by atoms with Gasteiger partial charge in [-0.05, 0) is 75.9 Å². The summed E-state index contributed by atoms with van der Waals surface area (Å²) in [7, 11) is 2.40. The summed E-state index contributed by atoms with van der Waals surface area (Å²) in [6.45, 7) is 5.41. The lowest BCUT2D eigenvalue weighted by Gasteiger charge is -2.42. The van der Waals surface area contributed by atoms with Crippen LogP contribution in [0, 0.1) is 13.8 Å². The fourth-order valence-corrected chi connectivity index (χ4v) is 6.65. The second kappa shape index (κ2) is 6.43. The van der Waals surface area contributed by atoms with E-state index in [1.807, 2.05) is 0 Å². The molecule has 0 amide bonds. The quantitative estimate of drug-likeness (QED) is 0.524. The standard InChI is InChI=1S/C26H31N3/c1-16-7-11-23-21(13-16)25-20-5-4-6-22(20)28(3)24-12-10-19(15-29(23)26(24)25)18-9-8-17(2)27-14-18/h7-9,11,13-14,19-20,22,24H,4-6,10,12,15H2,1-3H3. The van der Waals surface area contributed by atoms with Crippen LogP contribution in [0.4, 0.5) is 0 Å². The van der Waals surface area contributed by atoms with E-state index in [1.165, 1.54) is 54.1 Å². The van der Waals surface area contributed by atoms with Crippen molar-refractivity contribution >= 4 is 10.9 Å². The molecule has 3 aliphatic rings. The van der Waals surface area contributed by atoms with E-state index in [2.05, 4.69) is 71.9 Å². The maximum atomic E-state index is 4.61. The van der Waals surface area contributed by atoms with Gasteiger partial charge in [0.1, 0.15) is 0 Å². The van der Waals surface area contributed by atoms with E-state index in [0.717, 1.165) is 24.2 Å². The molecule has 3 aromatic rings. The number of pyridine rings is 1. The highest BCUT2D eigenvalue weighted by atomic mass is 15.2. The zero-order valence-corrected chi connectivity index (χ0v) is 17.9. The molecule has 4 unspecified atom stereocenters. The van der Waals surface area contributed by atoms with E-state index in [4.69, 9.17) is 0 Å². The molecular weight excluding hydrogens is 354 g/mol. The molecule has 1 aromatic carbocycles. The van der Waals surface area contributed by atoms with Gasteiger partial charge in [-0.1, -0.05) is 24.1 Å². The maximum absolute atomic E-state index is 4.61. The van der Waals surface area contributed by atoms with E-state index < -0.39 is 0 Å². The minimum atomic E-state index is 0.544. The average molecular weight is 386 g/mol. The summed E-state index contributed by atoms with van der Waals surface area (Å²) in [5, 5.41) is 1.54. The minimum absolute atomic E-state index is 0.544. The molecule has 4 heterocycles. The van der Waals surface area contributed by atoms with Crippen molar-refractivity contribution in [2.75, 3.05) is 7.05 Å². The SMILES string of the molecule is Cc1ccc2c(c1)c1c3n2CC(c2ccc(C)nc2)CCC3N(C)C2CCCC12. The van der Waals surface area contributed by atoms with Gasteiger partial charge in [-0.15, -0.1) is 0 Å². The number of aryl methyl sites for hydroxylation is 2. The minimum Gasteiger partial charge on any atom is -0.342 e. The van der Waals surface area contributed by atoms with Crippen LogP contribution < -0.4 is 0 Å². The van der Waals surface area contributed by atoms with E-state index in [0.29, 0.717) is 12.0 Å². The fraction of sp³-hybridized carbons (Fsp3) is 0.500. The number of hydrogen-bond acceptors (Lipinski definition) is 2. The summed E-state index contributed by atoms with van der Waals surface area (Å²) in [5.74, 6) is 1.26. The van der Waals surface area contributed by atoms with E-state index in [9.17, 15) is 0 Å². The summed E-state index contributed by atoms with van der Waals surface area (Å²) in [4.78, 5) is 7.36. The summed E-state index contributed by atoms with van der Waals surface area (Å²) in [5.41, 5.74) is 8.70. The Labute approximate surface area is 173 Å². The van der Waals surface area contributed by atoms with Crippen LogP contribution in [0.15, 0.2) is 36.5 Å². The third-order valence-corrected chi connectivity index (χ3v) is 8.08. The molecule has 1 fully saturated rings. The van der Waals surface area contributed by atoms with Crippen LogP contribution in [-0.2, 0) is 6.54 Å². The molecule has 0 radical (unpaired) electrons. The largest absolute Gasteiger partial charge is 0.342 e. The first-order chi connectivity index (χ1) is 14.1. The van der Waals surface area contributed by atoms with E-state index in [-0.39, 0.29) is 0 Å². The van der Waals surface area contributed by atoms with E-state index >= 15 is 0 Å². The highest BCUT2D eigenvalue weighted by molar-refractivity contribution is 5.87. The predicted molar refractivity (Wildman–Crippen MR) is 119 cm³/mol. The second-order valence-corrected chi connectivity index (χ2v) is 9.72. The summed E-state index contributed by atoms with van der Waals surface area (Å²) >= 11 is 0. The van der Waals surface area contributed by atoms with Gasteiger partial charge in [0.05, 0.1) is 6.04 Å². The third kappa shape index (κ3) is 2.56. The molecule has 0 saturated heterocycles. The molecule has 6 rings (SSSR count). The van der Waals surface area contributed by atoms with Crippen molar-refractivity contribution in [2.45, 2.75) is 76.4 Å². The van der Waals surface area contributed by atoms with Crippen LogP contribution in [-0.4, -0.2) is 27.5 Å². The third-order valence-electron chi connectivity index (χ3n) is 8.08. The molecule has 0 N–H and O–H groups in total. The molecule has 1 saturated carbocycles. The second-order valence-electron chi connectivity index (χ2n) is 9.72. The molecule has 4 atom stereocenters. The molecule has 3 heteroatoms. The Morgan fingerprint density at radius 1 is 1.00 bits per heavy atom. The number of nitrogens with zero attached hydrogens (tertiary/aromatic N) is 3.